The Morgan fingerprint density at radius 3 is 2.39 bits per heavy atom. The molecule has 1 aromatic rings. The Morgan fingerprint density at radius 2 is 1.72 bits per heavy atom. The number of halogens is 2. The van der Waals surface area contributed by atoms with Crippen LogP contribution in [0.25, 0.3) is 0 Å². The van der Waals surface area contributed by atoms with Crippen molar-refractivity contribution < 1.29 is 0 Å². The molecule has 1 atom stereocenters. The Balaban J connectivity index is 2.51. The average Bonchev–Trinajstić information content (AvgIpc) is 2.33. The van der Waals surface area contributed by atoms with Crippen LogP contribution in [0.4, 0.5) is 0 Å². The number of aryl methyl sites for hydroxylation is 2. The van der Waals surface area contributed by atoms with Crippen molar-refractivity contribution in [2.45, 2.75) is 64.7 Å². The van der Waals surface area contributed by atoms with Gasteiger partial charge in [0.25, 0.3) is 0 Å². The van der Waals surface area contributed by atoms with Crippen molar-refractivity contribution in [2.24, 2.45) is 0 Å². The van der Waals surface area contributed by atoms with Crippen LogP contribution in [0.15, 0.2) is 16.6 Å². The van der Waals surface area contributed by atoms with Gasteiger partial charge in [-0.3, -0.25) is 0 Å². The lowest BCUT2D eigenvalue weighted by atomic mass is 9.99. The van der Waals surface area contributed by atoms with E-state index in [9.17, 15) is 0 Å². The van der Waals surface area contributed by atoms with Crippen molar-refractivity contribution >= 4 is 27.5 Å². The minimum atomic E-state index is 0.165. The average molecular weight is 332 g/mol. The van der Waals surface area contributed by atoms with Gasteiger partial charge in [0.15, 0.2) is 0 Å². The molecule has 0 amide bonds. The summed E-state index contributed by atoms with van der Waals surface area (Å²) in [7, 11) is 0. The molecule has 0 bridgehead atoms. The second-order valence-corrected chi connectivity index (χ2v) is 6.51. The maximum absolute atomic E-state index is 6.53. The zero-order valence-corrected chi connectivity index (χ0v) is 14.1. The van der Waals surface area contributed by atoms with Crippen molar-refractivity contribution in [3.63, 3.8) is 0 Å². The molecule has 0 saturated heterocycles. The third kappa shape index (κ3) is 4.93. The van der Waals surface area contributed by atoms with E-state index in [0.717, 1.165) is 6.42 Å². The van der Waals surface area contributed by atoms with E-state index in [4.69, 9.17) is 11.6 Å². The molecule has 1 rings (SSSR count). The van der Waals surface area contributed by atoms with Gasteiger partial charge >= 0.3 is 0 Å². The van der Waals surface area contributed by atoms with E-state index >= 15 is 0 Å². The summed E-state index contributed by atoms with van der Waals surface area (Å²) < 4.78 is 1.18. The molecular weight excluding hydrogens is 308 g/mol. The molecule has 0 aliphatic carbocycles. The highest BCUT2D eigenvalue weighted by Gasteiger charge is 2.12. The normalized spacial score (nSPS) is 12.7. The van der Waals surface area contributed by atoms with Gasteiger partial charge in [0, 0.05) is 4.47 Å². The molecule has 18 heavy (non-hydrogen) atoms. The molecule has 0 heterocycles. The summed E-state index contributed by atoms with van der Waals surface area (Å²) >= 11 is 10.1. The SMILES string of the molecule is CCCCCCCC(Cl)c1cc(C)c(Br)cc1C. The number of benzene rings is 1. The number of unbranched alkanes of at least 4 members (excludes halogenated alkanes) is 4. The summed E-state index contributed by atoms with van der Waals surface area (Å²) in [6.07, 6.45) is 7.64. The van der Waals surface area contributed by atoms with E-state index in [0.29, 0.717) is 0 Å². The molecule has 2 heteroatoms. The van der Waals surface area contributed by atoms with Crippen LogP contribution in [-0.2, 0) is 0 Å². The third-order valence-electron chi connectivity index (χ3n) is 3.45. The molecule has 0 aliphatic heterocycles. The minimum absolute atomic E-state index is 0.165. The van der Waals surface area contributed by atoms with Gasteiger partial charge in [0.2, 0.25) is 0 Å². The largest absolute Gasteiger partial charge is 0.118 e. The Labute approximate surface area is 125 Å². The molecule has 0 aromatic heterocycles. The van der Waals surface area contributed by atoms with Crippen LogP contribution < -0.4 is 0 Å². The lowest BCUT2D eigenvalue weighted by Crippen LogP contribution is -1.96. The van der Waals surface area contributed by atoms with Crippen LogP contribution in [0, 0.1) is 13.8 Å². The van der Waals surface area contributed by atoms with Gasteiger partial charge in [-0.1, -0.05) is 61.0 Å². The molecule has 0 spiro atoms. The number of rotatable bonds is 7. The zero-order chi connectivity index (χ0) is 13.5. The van der Waals surface area contributed by atoms with E-state index in [-0.39, 0.29) is 5.38 Å². The first kappa shape index (κ1) is 16.0. The predicted molar refractivity (Wildman–Crippen MR) is 85.6 cm³/mol. The van der Waals surface area contributed by atoms with Gasteiger partial charge in [0.05, 0.1) is 5.38 Å². The number of alkyl halides is 1. The Kier molecular flexibility index (Phi) is 7.33. The summed E-state index contributed by atoms with van der Waals surface area (Å²) in [6.45, 7) is 6.52. The van der Waals surface area contributed by atoms with Gasteiger partial charge in [-0.2, -0.15) is 0 Å². The van der Waals surface area contributed by atoms with E-state index in [1.54, 1.807) is 0 Å². The molecule has 0 radical (unpaired) electrons. The number of hydrogen-bond acceptors (Lipinski definition) is 0. The first-order valence-corrected chi connectivity index (χ1v) is 8.20. The molecule has 1 aromatic carbocycles. The zero-order valence-electron chi connectivity index (χ0n) is 11.7. The highest BCUT2D eigenvalue weighted by atomic mass is 79.9. The monoisotopic (exact) mass is 330 g/mol. The van der Waals surface area contributed by atoms with Crippen LogP contribution in [0.1, 0.15) is 67.5 Å². The van der Waals surface area contributed by atoms with Crippen LogP contribution in [0.3, 0.4) is 0 Å². The maximum atomic E-state index is 6.53. The maximum Gasteiger partial charge on any atom is 0.0587 e. The topological polar surface area (TPSA) is 0 Å². The smallest absolute Gasteiger partial charge is 0.0587 e. The fourth-order valence-corrected chi connectivity index (χ4v) is 3.07. The number of hydrogen-bond donors (Lipinski definition) is 0. The van der Waals surface area contributed by atoms with Crippen LogP contribution >= 0.6 is 27.5 Å². The fourth-order valence-electron chi connectivity index (χ4n) is 2.22. The summed E-state index contributed by atoms with van der Waals surface area (Å²) in [6, 6.07) is 4.40. The van der Waals surface area contributed by atoms with Crippen LogP contribution in [0.2, 0.25) is 0 Å². The fraction of sp³-hybridized carbons (Fsp3) is 0.625. The molecule has 0 nitrogen and oxygen atoms in total. The summed E-state index contributed by atoms with van der Waals surface area (Å²) in [5.41, 5.74) is 3.86. The molecule has 0 saturated carbocycles. The molecule has 1 unspecified atom stereocenters. The van der Waals surface area contributed by atoms with Gasteiger partial charge in [-0.05, 0) is 43.0 Å². The van der Waals surface area contributed by atoms with Crippen LogP contribution in [0.5, 0.6) is 0 Å². The van der Waals surface area contributed by atoms with E-state index in [1.807, 2.05) is 0 Å². The van der Waals surface area contributed by atoms with Gasteiger partial charge in [-0.15, -0.1) is 11.6 Å². The summed E-state index contributed by atoms with van der Waals surface area (Å²) in [5.74, 6) is 0. The Morgan fingerprint density at radius 1 is 1.06 bits per heavy atom. The lowest BCUT2D eigenvalue weighted by Gasteiger charge is -2.14. The predicted octanol–water partition coefficient (Wildman–Crippen LogP) is 6.71. The lowest BCUT2D eigenvalue weighted by molar-refractivity contribution is 0.600. The molecular formula is C16H24BrCl. The van der Waals surface area contributed by atoms with Crippen molar-refractivity contribution in [3.8, 4) is 0 Å². The van der Waals surface area contributed by atoms with Gasteiger partial charge in [-0.25, -0.2) is 0 Å². The second kappa shape index (κ2) is 8.22. The highest BCUT2D eigenvalue weighted by Crippen LogP contribution is 2.32. The van der Waals surface area contributed by atoms with Gasteiger partial charge < -0.3 is 0 Å². The van der Waals surface area contributed by atoms with E-state index in [2.05, 4.69) is 48.8 Å². The second-order valence-electron chi connectivity index (χ2n) is 5.13. The van der Waals surface area contributed by atoms with Crippen molar-refractivity contribution in [1.29, 1.82) is 0 Å². The Bertz CT molecular complexity index is 374. The quantitative estimate of drug-likeness (QED) is 0.385. The summed E-state index contributed by atoms with van der Waals surface area (Å²) in [5, 5.41) is 0.165. The molecule has 0 aliphatic rings. The van der Waals surface area contributed by atoms with E-state index in [1.165, 1.54) is 53.3 Å². The summed E-state index contributed by atoms with van der Waals surface area (Å²) in [4.78, 5) is 0. The van der Waals surface area contributed by atoms with Crippen molar-refractivity contribution in [3.05, 3.63) is 33.3 Å². The third-order valence-corrected chi connectivity index (χ3v) is 4.75. The van der Waals surface area contributed by atoms with Gasteiger partial charge in [0.1, 0.15) is 0 Å². The molecule has 102 valence electrons. The highest BCUT2D eigenvalue weighted by molar-refractivity contribution is 9.10. The standard InChI is InChI=1S/C16H24BrCl/c1-4-5-6-7-8-9-16(18)14-10-13(3)15(17)11-12(14)2/h10-11,16H,4-9H2,1-3H3. The molecule has 0 N–H and O–H groups in total. The first-order valence-electron chi connectivity index (χ1n) is 6.97. The van der Waals surface area contributed by atoms with Crippen LogP contribution in [-0.4, -0.2) is 0 Å². The Hall–Kier alpha value is -0.0100. The molecule has 0 fully saturated rings. The van der Waals surface area contributed by atoms with Crippen molar-refractivity contribution in [1.82, 2.24) is 0 Å². The first-order chi connectivity index (χ1) is 8.56. The van der Waals surface area contributed by atoms with E-state index < -0.39 is 0 Å². The van der Waals surface area contributed by atoms with Crippen molar-refractivity contribution in [2.75, 3.05) is 0 Å². The minimum Gasteiger partial charge on any atom is -0.118 e.